The van der Waals surface area contributed by atoms with E-state index >= 15 is 0 Å². The number of methoxy groups -OCH3 is 1. The maximum absolute atomic E-state index is 9.55. The van der Waals surface area contributed by atoms with Gasteiger partial charge in [-0.05, 0) is 44.1 Å². The molecule has 1 rings (SSSR count). The Bertz CT molecular complexity index is 398. The summed E-state index contributed by atoms with van der Waals surface area (Å²) in [7, 11) is 3.64. The zero-order chi connectivity index (χ0) is 14.1. The Morgan fingerprint density at radius 1 is 1.32 bits per heavy atom. The Morgan fingerprint density at radius 3 is 2.53 bits per heavy atom. The van der Waals surface area contributed by atoms with E-state index in [1.165, 1.54) is 0 Å². The highest BCUT2D eigenvalue weighted by atomic mass is 16.5. The van der Waals surface area contributed by atoms with Crippen LogP contribution in [-0.2, 0) is 0 Å². The first-order valence-electron chi connectivity index (χ1n) is 6.55. The van der Waals surface area contributed by atoms with E-state index in [1.807, 2.05) is 31.3 Å². The van der Waals surface area contributed by atoms with Gasteiger partial charge in [0.25, 0.3) is 0 Å². The minimum absolute atomic E-state index is 0.00649. The summed E-state index contributed by atoms with van der Waals surface area (Å²) in [5, 5.41) is 18.1. The van der Waals surface area contributed by atoms with Gasteiger partial charge in [0.1, 0.15) is 5.75 Å². The van der Waals surface area contributed by atoms with Crippen LogP contribution < -0.4 is 4.74 Å². The molecule has 0 spiro atoms. The van der Waals surface area contributed by atoms with Gasteiger partial charge in [-0.1, -0.05) is 12.1 Å². The summed E-state index contributed by atoms with van der Waals surface area (Å²) in [5.41, 5.74) is 1.08. The van der Waals surface area contributed by atoms with Gasteiger partial charge in [0.2, 0.25) is 0 Å². The maximum Gasteiger partial charge on any atom is 0.118 e. The topological polar surface area (TPSA) is 56.5 Å². The van der Waals surface area contributed by atoms with E-state index in [2.05, 4.69) is 11.0 Å². The Morgan fingerprint density at radius 2 is 2.00 bits per heavy atom. The second kappa shape index (κ2) is 8.52. The van der Waals surface area contributed by atoms with Crippen molar-refractivity contribution in [1.29, 1.82) is 5.26 Å². The summed E-state index contributed by atoms with van der Waals surface area (Å²) in [6.45, 7) is 0.958. The number of unbranched alkanes of at least 4 members (excludes halogenated alkanes) is 2. The molecule has 0 fully saturated rings. The lowest BCUT2D eigenvalue weighted by Crippen LogP contribution is -2.28. The molecule has 0 bridgehead atoms. The molecule has 0 amide bonds. The van der Waals surface area contributed by atoms with Crippen LogP contribution in [0.5, 0.6) is 5.75 Å². The largest absolute Gasteiger partial charge is 0.497 e. The maximum atomic E-state index is 9.55. The first kappa shape index (κ1) is 15.5. The minimum Gasteiger partial charge on any atom is -0.497 e. The normalized spacial score (nSPS) is 12.2. The van der Waals surface area contributed by atoms with Crippen LogP contribution in [0.1, 0.15) is 30.9 Å². The molecule has 1 aromatic carbocycles. The van der Waals surface area contributed by atoms with Crippen molar-refractivity contribution in [2.75, 3.05) is 27.3 Å². The highest BCUT2D eigenvalue weighted by molar-refractivity contribution is 5.29. The summed E-state index contributed by atoms with van der Waals surface area (Å²) >= 11 is 0. The Kier molecular flexibility index (Phi) is 6.94. The number of nitriles is 1. The van der Waals surface area contributed by atoms with Crippen LogP contribution in [0, 0.1) is 11.3 Å². The van der Waals surface area contributed by atoms with Gasteiger partial charge in [-0.2, -0.15) is 5.26 Å². The lowest BCUT2D eigenvalue weighted by molar-refractivity contribution is 0.146. The Balaban J connectivity index is 2.57. The number of hydrogen-bond acceptors (Lipinski definition) is 4. The molecule has 4 nitrogen and oxygen atoms in total. The van der Waals surface area contributed by atoms with E-state index in [0.29, 0.717) is 6.42 Å². The number of hydrogen-bond donors (Lipinski definition) is 1. The van der Waals surface area contributed by atoms with Gasteiger partial charge in [0.05, 0.1) is 25.8 Å². The van der Waals surface area contributed by atoms with Crippen molar-refractivity contribution in [1.82, 2.24) is 4.90 Å². The van der Waals surface area contributed by atoms with Gasteiger partial charge in [0, 0.05) is 6.42 Å². The number of benzene rings is 1. The van der Waals surface area contributed by atoms with Gasteiger partial charge in [0.15, 0.2) is 0 Å². The predicted octanol–water partition coefficient (Wildman–Crippen LogP) is 2.35. The van der Waals surface area contributed by atoms with Crippen LogP contribution in [0.2, 0.25) is 0 Å². The van der Waals surface area contributed by atoms with Crippen molar-refractivity contribution < 1.29 is 9.84 Å². The number of ether oxygens (including phenoxy) is 1. The minimum atomic E-state index is -0.00649. The fraction of sp³-hybridized carbons (Fsp3) is 0.533. The number of nitrogens with zero attached hydrogens (tertiary/aromatic N) is 2. The van der Waals surface area contributed by atoms with Crippen molar-refractivity contribution >= 4 is 0 Å². The van der Waals surface area contributed by atoms with Crippen molar-refractivity contribution in [2.24, 2.45) is 0 Å². The number of likely N-dealkylation sites (N-methyl/N-ethyl adjacent to an activating group) is 1. The molecule has 4 heteroatoms. The molecule has 1 unspecified atom stereocenters. The number of rotatable bonds is 8. The van der Waals surface area contributed by atoms with Gasteiger partial charge < -0.3 is 9.84 Å². The van der Waals surface area contributed by atoms with Crippen LogP contribution in [0.15, 0.2) is 24.3 Å². The zero-order valence-corrected chi connectivity index (χ0v) is 11.7. The third-order valence-corrected chi connectivity index (χ3v) is 3.25. The predicted molar refractivity (Wildman–Crippen MR) is 74.9 cm³/mol. The molecule has 0 radical (unpaired) electrons. The van der Waals surface area contributed by atoms with Crippen molar-refractivity contribution in [2.45, 2.75) is 25.3 Å². The van der Waals surface area contributed by atoms with Gasteiger partial charge in [-0.15, -0.1) is 0 Å². The van der Waals surface area contributed by atoms with E-state index in [0.717, 1.165) is 30.7 Å². The first-order valence-corrected chi connectivity index (χ1v) is 6.55. The Labute approximate surface area is 115 Å². The van der Waals surface area contributed by atoms with Crippen LogP contribution in [0.25, 0.3) is 0 Å². The molecule has 0 aromatic heterocycles. The molecule has 0 saturated carbocycles. The van der Waals surface area contributed by atoms with E-state index in [9.17, 15) is 5.11 Å². The highest BCUT2D eigenvalue weighted by Gasteiger charge is 2.15. The average Bonchev–Trinajstić information content (AvgIpc) is 2.45. The second-order valence-corrected chi connectivity index (χ2v) is 4.57. The summed E-state index contributed by atoms with van der Waals surface area (Å²) in [6, 6.07) is 9.90. The van der Waals surface area contributed by atoms with E-state index in [-0.39, 0.29) is 12.6 Å². The lowest BCUT2D eigenvalue weighted by atomic mass is 10.1. The molecule has 0 aliphatic rings. The molecule has 104 valence electrons. The van der Waals surface area contributed by atoms with Gasteiger partial charge in [-0.25, -0.2) is 0 Å². The second-order valence-electron chi connectivity index (χ2n) is 4.57. The molecule has 1 N–H and O–H groups in total. The Hall–Kier alpha value is -1.57. The lowest BCUT2D eigenvalue weighted by Gasteiger charge is -2.26. The van der Waals surface area contributed by atoms with Crippen LogP contribution in [0.4, 0.5) is 0 Å². The van der Waals surface area contributed by atoms with Crippen LogP contribution >= 0.6 is 0 Å². The average molecular weight is 262 g/mol. The smallest absolute Gasteiger partial charge is 0.118 e. The van der Waals surface area contributed by atoms with Crippen LogP contribution in [0.3, 0.4) is 0 Å². The third kappa shape index (κ3) is 4.90. The number of aliphatic hydroxyl groups is 1. The third-order valence-electron chi connectivity index (χ3n) is 3.25. The molecular weight excluding hydrogens is 240 g/mol. The first-order chi connectivity index (χ1) is 9.22. The van der Waals surface area contributed by atoms with Gasteiger partial charge >= 0.3 is 0 Å². The molecule has 1 aromatic rings. The molecule has 19 heavy (non-hydrogen) atoms. The van der Waals surface area contributed by atoms with Crippen molar-refractivity contribution in [3.05, 3.63) is 29.8 Å². The fourth-order valence-corrected chi connectivity index (χ4v) is 2.05. The summed E-state index contributed by atoms with van der Waals surface area (Å²) < 4.78 is 5.13. The summed E-state index contributed by atoms with van der Waals surface area (Å²) in [6.07, 6.45) is 2.47. The number of aliphatic hydroxyl groups excluding tert-OH is 1. The molecule has 0 heterocycles. The summed E-state index contributed by atoms with van der Waals surface area (Å²) in [5.74, 6) is 0.817. The summed E-state index contributed by atoms with van der Waals surface area (Å²) in [4.78, 5) is 2.12. The van der Waals surface area contributed by atoms with Crippen molar-refractivity contribution in [3.8, 4) is 11.8 Å². The monoisotopic (exact) mass is 262 g/mol. The van der Waals surface area contributed by atoms with Crippen LogP contribution in [-0.4, -0.2) is 37.3 Å². The van der Waals surface area contributed by atoms with E-state index in [4.69, 9.17) is 10.00 Å². The molecule has 1 atom stereocenters. The molecule has 0 aliphatic heterocycles. The standard InChI is InChI=1S/C15H22N2O2/c1-17(11-5-3-4-10-16)15(12-18)13-6-8-14(19-2)9-7-13/h6-9,15,18H,3-5,11-12H2,1-2H3. The fourth-order valence-electron chi connectivity index (χ4n) is 2.05. The van der Waals surface area contributed by atoms with Gasteiger partial charge in [-0.3, -0.25) is 4.90 Å². The molecule has 0 aliphatic carbocycles. The zero-order valence-electron chi connectivity index (χ0n) is 11.7. The molecule has 0 saturated heterocycles. The van der Waals surface area contributed by atoms with E-state index in [1.54, 1.807) is 7.11 Å². The SMILES string of the molecule is COc1ccc(C(CO)N(C)CCCCC#N)cc1. The highest BCUT2D eigenvalue weighted by Crippen LogP contribution is 2.22. The molecular formula is C15H22N2O2. The van der Waals surface area contributed by atoms with E-state index < -0.39 is 0 Å². The van der Waals surface area contributed by atoms with Crippen molar-refractivity contribution in [3.63, 3.8) is 0 Å². The quantitative estimate of drug-likeness (QED) is 0.731.